The first kappa shape index (κ1) is 16.0. The molecule has 2 N–H and O–H groups in total. The molecule has 0 amide bonds. The van der Waals surface area contributed by atoms with E-state index in [0.29, 0.717) is 12.0 Å². The summed E-state index contributed by atoms with van der Waals surface area (Å²) >= 11 is 0. The van der Waals surface area contributed by atoms with Crippen LogP contribution in [0, 0.1) is 5.92 Å². The molecule has 0 heterocycles. The van der Waals surface area contributed by atoms with Crippen LogP contribution in [0.1, 0.15) is 32.8 Å². The van der Waals surface area contributed by atoms with Gasteiger partial charge in [-0.05, 0) is 50.8 Å². The van der Waals surface area contributed by atoms with E-state index in [-0.39, 0.29) is 6.10 Å². The molecule has 1 aromatic carbocycles. The zero-order valence-electron chi connectivity index (χ0n) is 12.5. The Morgan fingerprint density at radius 3 is 2.53 bits per heavy atom. The topological polar surface area (TPSA) is 41.5 Å². The average Bonchev–Trinajstić information content (AvgIpc) is 2.36. The summed E-state index contributed by atoms with van der Waals surface area (Å²) in [5.41, 5.74) is 1.23. The molecule has 0 aromatic heterocycles. The maximum Gasteiger partial charge on any atom is 0.122 e. The van der Waals surface area contributed by atoms with E-state index in [0.717, 1.165) is 25.1 Å². The van der Waals surface area contributed by atoms with Crippen LogP contribution < -0.4 is 10.1 Å². The van der Waals surface area contributed by atoms with Crippen molar-refractivity contribution in [3.8, 4) is 5.75 Å². The highest BCUT2D eigenvalue weighted by molar-refractivity contribution is 5.33. The first-order valence-corrected chi connectivity index (χ1v) is 7.06. The highest BCUT2D eigenvalue weighted by Crippen LogP contribution is 2.18. The Hall–Kier alpha value is -1.06. The van der Waals surface area contributed by atoms with Gasteiger partial charge in [0.25, 0.3) is 0 Å². The normalized spacial score (nSPS) is 15.8. The third kappa shape index (κ3) is 6.08. The zero-order chi connectivity index (χ0) is 14.3. The van der Waals surface area contributed by atoms with Crippen molar-refractivity contribution >= 4 is 0 Å². The van der Waals surface area contributed by atoms with E-state index in [4.69, 9.17) is 4.74 Å². The zero-order valence-corrected chi connectivity index (χ0v) is 12.5. The number of aliphatic hydroxyl groups excluding tert-OH is 1. The Bertz CT molecular complexity index is 366. The van der Waals surface area contributed by atoms with Gasteiger partial charge in [0.05, 0.1) is 13.2 Å². The molecular formula is C16H27NO2. The summed E-state index contributed by atoms with van der Waals surface area (Å²) in [6.07, 6.45) is 1.57. The van der Waals surface area contributed by atoms with Crippen LogP contribution >= 0.6 is 0 Å². The highest BCUT2D eigenvalue weighted by atomic mass is 16.5. The largest absolute Gasteiger partial charge is 0.496 e. The monoisotopic (exact) mass is 265 g/mol. The van der Waals surface area contributed by atoms with Gasteiger partial charge in [-0.2, -0.15) is 0 Å². The van der Waals surface area contributed by atoms with Gasteiger partial charge < -0.3 is 15.2 Å². The lowest BCUT2D eigenvalue weighted by atomic mass is 10.0. The highest BCUT2D eigenvalue weighted by Gasteiger charge is 2.10. The SMILES string of the molecule is COc1ccccc1CC(C)NCC(C)CC(C)O. The van der Waals surface area contributed by atoms with Crippen molar-refractivity contribution in [2.75, 3.05) is 13.7 Å². The summed E-state index contributed by atoms with van der Waals surface area (Å²) in [5.74, 6) is 1.44. The van der Waals surface area contributed by atoms with E-state index in [1.54, 1.807) is 7.11 Å². The van der Waals surface area contributed by atoms with E-state index in [9.17, 15) is 5.11 Å². The van der Waals surface area contributed by atoms with Gasteiger partial charge in [-0.3, -0.25) is 0 Å². The Kier molecular flexibility index (Phi) is 6.89. The van der Waals surface area contributed by atoms with E-state index in [1.807, 2.05) is 25.1 Å². The molecule has 0 bridgehead atoms. The lowest BCUT2D eigenvalue weighted by molar-refractivity contribution is 0.162. The standard InChI is InChI=1S/C16H27NO2/c1-12(9-14(3)18)11-17-13(2)10-15-7-5-6-8-16(15)19-4/h5-8,12-14,17-18H,9-11H2,1-4H3. The maximum absolute atomic E-state index is 9.35. The quantitative estimate of drug-likeness (QED) is 0.759. The second-order valence-electron chi connectivity index (χ2n) is 5.52. The van der Waals surface area contributed by atoms with E-state index >= 15 is 0 Å². The van der Waals surface area contributed by atoms with Gasteiger partial charge in [-0.1, -0.05) is 25.1 Å². The van der Waals surface area contributed by atoms with Gasteiger partial charge in [-0.15, -0.1) is 0 Å². The molecule has 3 heteroatoms. The number of nitrogens with one attached hydrogen (secondary N) is 1. The lowest BCUT2D eigenvalue weighted by Crippen LogP contribution is -2.32. The molecule has 0 saturated carbocycles. The van der Waals surface area contributed by atoms with Crippen LogP contribution in [-0.2, 0) is 6.42 Å². The molecule has 3 unspecified atom stereocenters. The summed E-state index contributed by atoms with van der Waals surface area (Å²) in [7, 11) is 1.71. The van der Waals surface area contributed by atoms with Crippen molar-refractivity contribution in [1.29, 1.82) is 0 Å². The van der Waals surface area contributed by atoms with Crippen LogP contribution in [-0.4, -0.2) is 30.9 Å². The number of rotatable bonds is 8. The molecule has 1 aromatic rings. The van der Waals surface area contributed by atoms with Crippen molar-refractivity contribution in [2.45, 2.75) is 45.8 Å². The average molecular weight is 265 g/mol. The molecule has 19 heavy (non-hydrogen) atoms. The number of ether oxygens (including phenoxy) is 1. The van der Waals surface area contributed by atoms with Crippen LogP contribution in [0.25, 0.3) is 0 Å². The Labute approximate surface area is 117 Å². The number of para-hydroxylation sites is 1. The molecule has 0 aliphatic rings. The third-order valence-corrected chi connectivity index (χ3v) is 3.28. The first-order chi connectivity index (χ1) is 9.02. The summed E-state index contributed by atoms with van der Waals surface area (Å²) < 4.78 is 5.36. The summed E-state index contributed by atoms with van der Waals surface area (Å²) in [4.78, 5) is 0. The second-order valence-corrected chi connectivity index (χ2v) is 5.52. The van der Waals surface area contributed by atoms with E-state index < -0.39 is 0 Å². The third-order valence-electron chi connectivity index (χ3n) is 3.28. The van der Waals surface area contributed by atoms with Crippen LogP contribution in [0.5, 0.6) is 5.75 Å². The Morgan fingerprint density at radius 1 is 1.21 bits per heavy atom. The van der Waals surface area contributed by atoms with Crippen molar-refractivity contribution in [3.63, 3.8) is 0 Å². The number of methoxy groups -OCH3 is 1. The Morgan fingerprint density at radius 2 is 1.89 bits per heavy atom. The number of hydrogen-bond donors (Lipinski definition) is 2. The molecule has 0 aliphatic carbocycles. The molecule has 0 saturated heterocycles. The predicted molar refractivity (Wildman–Crippen MR) is 79.6 cm³/mol. The molecule has 1 rings (SSSR count). The molecule has 0 spiro atoms. The van der Waals surface area contributed by atoms with Gasteiger partial charge >= 0.3 is 0 Å². The van der Waals surface area contributed by atoms with Gasteiger partial charge in [0, 0.05) is 6.04 Å². The van der Waals surface area contributed by atoms with Crippen LogP contribution in [0.3, 0.4) is 0 Å². The molecule has 0 radical (unpaired) electrons. The molecule has 0 aliphatic heterocycles. The van der Waals surface area contributed by atoms with Crippen molar-refractivity contribution in [1.82, 2.24) is 5.32 Å². The number of benzene rings is 1. The minimum atomic E-state index is -0.221. The fourth-order valence-electron chi connectivity index (χ4n) is 2.34. The van der Waals surface area contributed by atoms with Gasteiger partial charge in [0.1, 0.15) is 5.75 Å². The van der Waals surface area contributed by atoms with E-state index in [1.165, 1.54) is 5.56 Å². The minimum absolute atomic E-state index is 0.221. The predicted octanol–water partition coefficient (Wildman–Crippen LogP) is 2.62. The lowest BCUT2D eigenvalue weighted by Gasteiger charge is -2.19. The summed E-state index contributed by atoms with van der Waals surface area (Å²) in [6.45, 7) is 7.12. The maximum atomic E-state index is 9.35. The summed E-state index contributed by atoms with van der Waals surface area (Å²) in [6, 6.07) is 8.54. The fourth-order valence-corrected chi connectivity index (χ4v) is 2.34. The van der Waals surface area contributed by atoms with Crippen LogP contribution in [0.2, 0.25) is 0 Å². The fraction of sp³-hybridized carbons (Fsp3) is 0.625. The smallest absolute Gasteiger partial charge is 0.122 e. The van der Waals surface area contributed by atoms with Gasteiger partial charge in [0.15, 0.2) is 0 Å². The minimum Gasteiger partial charge on any atom is -0.496 e. The number of aliphatic hydroxyl groups is 1. The van der Waals surface area contributed by atoms with Crippen LogP contribution in [0.4, 0.5) is 0 Å². The second kappa shape index (κ2) is 8.18. The van der Waals surface area contributed by atoms with Crippen molar-refractivity contribution in [2.24, 2.45) is 5.92 Å². The van der Waals surface area contributed by atoms with Crippen LogP contribution in [0.15, 0.2) is 24.3 Å². The Balaban J connectivity index is 2.40. The first-order valence-electron chi connectivity index (χ1n) is 7.06. The van der Waals surface area contributed by atoms with Crippen molar-refractivity contribution in [3.05, 3.63) is 29.8 Å². The number of hydrogen-bond acceptors (Lipinski definition) is 3. The van der Waals surface area contributed by atoms with E-state index in [2.05, 4.69) is 25.2 Å². The molecule has 0 fully saturated rings. The van der Waals surface area contributed by atoms with Gasteiger partial charge in [-0.25, -0.2) is 0 Å². The molecule has 3 nitrogen and oxygen atoms in total. The molecule has 3 atom stereocenters. The van der Waals surface area contributed by atoms with Crippen molar-refractivity contribution < 1.29 is 9.84 Å². The van der Waals surface area contributed by atoms with Gasteiger partial charge in [0.2, 0.25) is 0 Å². The molecule has 108 valence electrons. The summed E-state index contributed by atoms with van der Waals surface area (Å²) in [5, 5.41) is 12.9. The molecular weight excluding hydrogens is 238 g/mol.